The molecular formula is C22H21F4N5O. The Kier molecular flexibility index (Phi) is 5.11. The van der Waals surface area contributed by atoms with E-state index < -0.39 is 28.7 Å². The van der Waals surface area contributed by atoms with Gasteiger partial charge in [0.2, 0.25) is 0 Å². The number of hydrogen-bond acceptors (Lipinski definition) is 5. The van der Waals surface area contributed by atoms with E-state index in [2.05, 4.69) is 10.2 Å². The van der Waals surface area contributed by atoms with Crippen molar-refractivity contribution < 1.29 is 22.4 Å². The van der Waals surface area contributed by atoms with Crippen molar-refractivity contribution in [1.29, 1.82) is 5.26 Å². The lowest BCUT2D eigenvalue weighted by atomic mass is 9.95. The minimum atomic E-state index is -3.78. The molecule has 1 aromatic heterocycles. The molecule has 2 atom stereocenters. The lowest BCUT2D eigenvalue weighted by Gasteiger charge is -2.41. The molecule has 0 spiro atoms. The number of carbonyl (C=O) groups is 1. The fraction of sp³-hybridized carbons (Fsp3) is 0.455. The van der Waals surface area contributed by atoms with Crippen LogP contribution in [0.5, 0.6) is 0 Å². The van der Waals surface area contributed by atoms with Gasteiger partial charge in [-0.1, -0.05) is 24.3 Å². The Bertz CT molecular complexity index is 1070. The Hall–Kier alpha value is -3.22. The maximum absolute atomic E-state index is 15.0. The zero-order chi connectivity index (χ0) is 23.3. The molecule has 2 aromatic rings. The molecule has 32 heavy (non-hydrogen) atoms. The molecule has 168 valence electrons. The second-order valence-electron chi connectivity index (χ2n) is 8.55. The third-order valence-electron chi connectivity index (χ3n) is 6.39. The molecule has 1 unspecified atom stereocenters. The summed E-state index contributed by atoms with van der Waals surface area (Å²) in [5, 5.41) is 16.6. The Morgan fingerprint density at radius 2 is 1.81 bits per heavy atom. The number of nitriles is 1. The van der Waals surface area contributed by atoms with Crippen molar-refractivity contribution in [3.05, 3.63) is 53.2 Å². The van der Waals surface area contributed by atoms with E-state index in [-0.39, 0.29) is 43.4 Å². The summed E-state index contributed by atoms with van der Waals surface area (Å²) < 4.78 is 57.0. The van der Waals surface area contributed by atoms with Crippen molar-refractivity contribution in [1.82, 2.24) is 15.1 Å². The molecular weight excluding hydrogens is 426 g/mol. The molecule has 1 aliphatic carbocycles. The van der Waals surface area contributed by atoms with Gasteiger partial charge in [-0.05, 0) is 31.5 Å². The van der Waals surface area contributed by atoms with Crippen LogP contribution in [0.4, 0.5) is 23.4 Å². The van der Waals surface area contributed by atoms with Crippen molar-refractivity contribution >= 4 is 11.7 Å². The van der Waals surface area contributed by atoms with Crippen LogP contribution in [-0.2, 0) is 16.1 Å². The summed E-state index contributed by atoms with van der Waals surface area (Å²) >= 11 is 0. The highest BCUT2D eigenvalue weighted by Gasteiger charge is 2.68. The summed E-state index contributed by atoms with van der Waals surface area (Å²) in [6.07, 6.45) is -0.319. The van der Waals surface area contributed by atoms with Crippen LogP contribution in [0.1, 0.15) is 37.1 Å². The van der Waals surface area contributed by atoms with Gasteiger partial charge in [0, 0.05) is 37.7 Å². The summed E-state index contributed by atoms with van der Waals surface area (Å²) in [5.74, 6) is -7.45. The van der Waals surface area contributed by atoms with Gasteiger partial charge >= 0.3 is 5.92 Å². The number of carbonyl (C=O) groups excluding carboxylic acids is 1. The van der Waals surface area contributed by atoms with Crippen LogP contribution in [0.3, 0.4) is 0 Å². The molecule has 4 rings (SSSR count). The van der Waals surface area contributed by atoms with Crippen LogP contribution < -0.4 is 4.90 Å². The SMILES string of the molecule is C[C@@H]1CN(C(=O)C(F)(F)c2ccc(C3(C)CC3(F)F)cc2)CCN1c1ccc(C#N)nn1. The molecule has 1 aliphatic heterocycles. The highest BCUT2D eigenvalue weighted by atomic mass is 19.3. The van der Waals surface area contributed by atoms with Crippen LogP contribution in [-0.4, -0.2) is 52.6 Å². The second-order valence-corrected chi connectivity index (χ2v) is 8.55. The van der Waals surface area contributed by atoms with E-state index in [1.54, 1.807) is 13.0 Å². The number of amides is 1. The first-order valence-electron chi connectivity index (χ1n) is 10.2. The molecule has 1 saturated carbocycles. The number of nitrogens with zero attached hydrogens (tertiary/aromatic N) is 5. The summed E-state index contributed by atoms with van der Waals surface area (Å²) in [7, 11) is 0. The highest BCUT2D eigenvalue weighted by molar-refractivity contribution is 5.85. The molecule has 10 heteroatoms. The molecule has 1 aromatic carbocycles. The van der Waals surface area contributed by atoms with Crippen LogP contribution in [0.25, 0.3) is 0 Å². The van der Waals surface area contributed by atoms with Crippen molar-refractivity contribution in [3.63, 3.8) is 0 Å². The molecule has 0 N–H and O–H groups in total. The Labute approximate surface area is 182 Å². The number of halogens is 4. The molecule has 2 heterocycles. The van der Waals surface area contributed by atoms with Crippen LogP contribution in [0, 0.1) is 11.3 Å². The van der Waals surface area contributed by atoms with Crippen molar-refractivity contribution in [2.24, 2.45) is 0 Å². The fourth-order valence-corrected chi connectivity index (χ4v) is 4.10. The smallest absolute Gasteiger partial charge is 0.349 e. The lowest BCUT2D eigenvalue weighted by Crippen LogP contribution is -2.56. The van der Waals surface area contributed by atoms with Gasteiger partial charge in [0.25, 0.3) is 11.8 Å². The van der Waals surface area contributed by atoms with E-state index in [4.69, 9.17) is 5.26 Å². The molecule has 1 amide bonds. The lowest BCUT2D eigenvalue weighted by molar-refractivity contribution is -0.159. The topological polar surface area (TPSA) is 73.1 Å². The summed E-state index contributed by atoms with van der Waals surface area (Å²) in [5.41, 5.74) is -1.42. The van der Waals surface area contributed by atoms with Gasteiger partial charge in [-0.3, -0.25) is 4.79 Å². The summed E-state index contributed by atoms with van der Waals surface area (Å²) in [6, 6.07) is 9.33. The molecule has 1 saturated heterocycles. The minimum Gasteiger partial charge on any atom is -0.349 e. The average molecular weight is 447 g/mol. The van der Waals surface area contributed by atoms with E-state index in [1.165, 1.54) is 25.1 Å². The normalized spacial score (nSPS) is 24.7. The van der Waals surface area contributed by atoms with E-state index >= 15 is 0 Å². The van der Waals surface area contributed by atoms with Gasteiger partial charge in [0.05, 0.1) is 5.41 Å². The number of anilines is 1. The first-order chi connectivity index (χ1) is 15.0. The number of hydrogen-bond donors (Lipinski definition) is 0. The molecule has 6 nitrogen and oxygen atoms in total. The standard InChI is InChI=1S/C22H21F4N5O/c1-14-12-30(9-10-31(14)18-8-7-17(11-27)28-29-18)19(32)22(25,26)16-5-3-15(4-6-16)20(2)13-21(20,23)24/h3-8,14H,9-10,12-13H2,1-2H3/t14-,20?/m1/s1. The summed E-state index contributed by atoms with van der Waals surface area (Å²) in [4.78, 5) is 15.6. The molecule has 2 aliphatic rings. The Morgan fingerprint density at radius 3 is 2.31 bits per heavy atom. The van der Waals surface area contributed by atoms with E-state index in [1.807, 2.05) is 11.0 Å². The largest absolute Gasteiger partial charge is 0.349 e. The van der Waals surface area contributed by atoms with Gasteiger partial charge in [0.15, 0.2) is 11.5 Å². The van der Waals surface area contributed by atoms with Crippen LogP contribution in [0.2, 0.25) is 0 Å². The number of rotatable bonds is 4. The predicted molar refractivity (Wildman–Crippen MR) is 107 cm³/mol. The van der Waals surface area contributed by atoms with Crippen molar-refractivity contribution in [3.8, 4) is 6.07 Å². The number of alkyl halides is 4. The first-order valence-corrected chi connectivity index (χ1v) is 10.2. The molecule has 2 fully saturated rings. The number of piperazine rings is 1. The van der Waals surface area contributed by atoms with E-state index in [9.17, 15) is 22.4 Å². The molecule has 0 bridgehead atoms. The third kappa shape index (κ3) is 3.55. The monoisotopic (exact) mass is 447 g/mol. The maximum Gasteiger partial charge on any atom is 0.349 e. The first kappa shape index (κ1) is 22.0. The van der Waals surface area contributed by atoms with Gasteiger partial charge in [-0.25, -0.2) is 8.78 Å². The Balaban J connectivity index is 1.45. The van der Waals surface area contributed by atoms with Crippen molar-refractivity contribution in [2.75, 3.05) is 24.5 Å². The number of benzene rings is 1. The van der Waals surface area contributed by atoms with Gasteiger partial charge < -0.3 is 9.80 Å². The minimum absolute atomic E-state index is 0.0540. The zero-order valence-corrected chi connectivity index (χ0v) is 17.5. The van der Waals surface area contributed by atoms with Crippen molar-refractivity contribution in [2.45, 2.75) is 43.6 Å². The highest BCUT2D eigenvalue weighted by Crippen LogP contribution is 2.61. The van der Waals surface area contributed by atoms with Gasteiger partial charge in [-0.2, -0.15) is 14.0 Å². The van der Waals surface area contributed by atoms with Gasteiger partial charge in [0.1, 0.15) is 6.07 Å². The number of aromatic nitrogens is 2. The predicted octanol–water partition coefficient (Wildman–Crippen LogP) is 3.47. The average Bonchev–Trinajstić information content (AvgIpc) is 3.31. The van der Waals surface area contributed by atoms with E-state index in [0.29, 0.717) is 5.82 Å². The zero-order valence-electron chi connectivity index (χ0n) is 17.5. The Morgan fingerprint density at radius 1 is 1.16 bits per heavy atom. The maximum atomic E-state index is 15.0. The molecule has 0 radical (unpaired) electrons. The fourth-order valence-electron chi connectivity index (χ4n) is 4.10. The van der Waals surface area contributed by atoms with Crippen LogP contribution >= 0.6 is 0 Å². The second kappa shape index (κ2) is 7.43. The van der Waals surface area contributed by atoms with Crippen LogP contribution in [0.15, 0.2) is 36.4 Å². The quantitative estimate of drug-likeness (QED) is 0.671. The summed E-state index contributed by atoms with van der Waals surface area (Å²) in [6.45, 7) is 3.56. The van der Waals surface area contributed by atoms with E-state index in [0.717, 1.165) is 17.0 Å². The van der Waals surface area contributed by atoms with Gasteiger partial charge in [-0.15, -0.1) is 10.2 Å². The third-order valence-corrected chi connectivity index (χ3v) is 6.39.